The topological polar surface area (TPSA) is 56.1 Å². The highest BCUT2D eigenvalue weighted by atomic mass is 32.2. The zero-order valence-corrected chi connectivity index (χ0v) is 16.7. The summed E-state index contributed by atoms with van der Waals surface area (Å²) in [5.41, 5.74) is 2.05. The summed E-state index contributed by atoms with van der Waals surface area (Å²) in [5.74, 6) is 0. The van der Waals surface area contributed by atoms with Crippen LogP contribution in [0.1, 0.15) is 15.9 Å². The van der Waals surface area contributed by atoms with Crippen molar-refractivity contribution in [1.29, 1.82) is 0 Å². The smallest absolute Gasteiger partial charge is 0.269 e. The molecule has 4 aromatic rings. The molecule has 0 fully saturated rings. The number of hydrogen-bond donors (Lipinski definition) is 0. The Kier molecular flexibility index (Phi) is 4.83. The van der Waals surface area contributed by atoms with E-state index in [2.05, 4.69) is 0 Å². The Morgan fingerprint density at radius 1 is 0.893 bits per heavy atom. The summed E-state index contributed by atoms with van der Waals surface area (Å²) in [7, 11) is -3.80. The second-order valence-corrected chi connectivity index (χ2v) is 9.30. The van der Waals surface area contributed by atoms with Crippen molar-refractivity contribution >= 4 is 39.0 Å². The molecule has 0 N–H and O–H groups in total. The molecule has 0 radical (unpaired) electrons. The van der Waals surface area contributed by atoms with E-state index in [9.17, 15) is 13.2 Å². The van der Waals surface area contributed by atoms with E-state index in [1.807, 2.05) is 43.3 Å². The Hall–Kier alpha value is -2.83. The molecule has 4 nitrogen and oxygen atoms in total. The van der Waals surface area contributed by atoms with E-state index in [4.69, 9.17) is 0 Å². The summed E-state index contributed by atoms with van der Waals surface area (Å²) in [6.45, 7) is 1.92. The van der Waals surface area contributed by atoms with Gasteiger partial charge in [0.1, 0.15) is 6.29 Å². The fourth-order valence-electron chi connectivity index (χ4n) is 3.00. The normalized spacial score (nSPS) is 11.6. The van der Waals surface area contributed by atoms with Gasteiger partial charge in [-0.1, -0.05) is 47.7 Å². The average molecular weight is 408 g/mol. The summed E-state index contributed by atoms with van der Waals surface area (Å²) in [6.07, 6.45) is 0.759. The van der Waals surface area contributed by atoms with E-state index >= 15 is 0 Å². The van der Waals surface area contributed by atoms with E-state index in [0.717, 1.165) is 16.7 Å². The van der Waals surface area contributed by atoms with Crippen LogP contribution in [0.4, 0.5) is 0 Å². The molecule has 6 heteroatoms. The monoisotopic (exact) mass is 407 g/mol. The molecular weight excluding hydrogens is 390 g/mol. The molecular formula is C22H17NO3S2. The van der Waals surface area contributed by atoms with Gasteiger partial charge >= 0.3 is 0 Å². The van der Waals surface area contributed by atoms with Crippen molar-refractivity contribution in [1.82, 2.24) is 3.97 Å². The van der Waals surface area contributed by atoms with Crippen LogP contribution in [0.5, 0.6) is 0 Å². The summed E-state index contributed by atoms with van der Waals surface area (Å²) >= 11 is 1.37. The number of carbonyl (C=O) groups is 1. The van der Waals surface area contributed by atoms with E-state index < -0.39 is 10.0 Å². The lowest BCUT2D eigenvalue weighted by molar-refractivity contribution is 0.112. The van der Waals surface area contributed by atoms with Crippen molar-refractivity contribution in [3.8, 4) is 0 Å². The predicted molar refractivity (Wildman–Crippen MR) is 112 cm³/mol. The van der Waals surface area contributed by atoms with Crippen molar-refractivity contribution in [2.45, 2.75) is 21.7 Å². The Bertz CT molecular complexity index is 1260. The third kappa shape index (κ3) is 3.37. The number of aryl methyl sites for hydroxylation is 1. The second kappa shape index (κ2) is 7.30. The second-order valence-electron chi connectivity index (χ2n) is 6.42. The fraction of sp³-hybridized carbons (Fsp3) is 0.0455. The van der Waals surface area contributed by atoms with Gasteiger partial charge in [-0.05, 0) is 55.5 Å². The molecule has 0 saturated carbocycles. The highest BCUT2D eigenvalue weighted by Gasteiger charge is 2.23. The molecule has 0 spiro atoms. The SMILES string of the molecule is Cc1ccc(S(=O)(=O)n2c(Sc3ccccc3)cc3cc(C=O)ccc32)cc1. The van der Waals surface area contributed by atoms with Gasteiger partial charge in [0, 0.05) is 15.8 Å². The molecule has 0 saturated heterocycles. The zero-order valence-electron chi connectivity index (χ0n) is 15.1. The number of benzene rings is 3. The molecule has 0 atom stereocenters. The van der Waals surface area contributed by atoms with Crippen LogP contribution in [0.25, 0.3) is 10.9 Å². The fourth-order valence-corrected chi connectivity index (χ4v) is 5.71. The number of rotatable bonds is 5. The number of carbonyl (C=O) groups excluding carboxylic acids is 1. The lowest BCUT2D eigenvalue weighted by atomic mass is 10.2. The maximum atomic E-state index is 13.5. The summed E-state index contributed by atoms with van der Waals surface area (Å²) < 4.78 is 28.3. The minimum atomic E-state index is -3.80. The first-order valence-corrected chi connectivity index (χ1v) is 10.9. The average Bonchev–Trinajstić information content (AvgIpc) is 3.06. The van der Waals surface area contributed by atoms with Crippen LogP contribution in [-0.2, 0) is 10.0 Å². The van der Waals surface area contributed by atoms with Gasteiger partial charge in [0.05, 0.1) is 15.4 Å². The van der Waals surface area contributed by atoms with Gasteiger partial charge in [0.15, 0.2) is 0 Å². The van der Waals surface area contributed by atoms with Gasteiger partial charge in [-0.2, -0.15) is 0 Å². The molecule has 0 amide bonds. The minimum absolute atomic E-state index is 0.227. The molecule has 0 aliphatic carbocycles. The first kappa shape index (κ1) is 18.5. The van der Waals surface area contributed by atoms with Crippen LogP contribution in [0.3, 0.4) is 0 Å². The maximum Gasteiger partial charge on any atom is 0.269 e. The van der Waals surface area contributed by atoms with Gasteiger partial charge in [0.25, 0.3) is 10.0 Å². The molecule has 3 aromatic carbocycles. The van der Waals surface area contributed by atoms with Crippen LogP contribution in [0.2, 0.25) is 0 Å². The number of fused-ring (bicyclic) bond motifs is 1. The van der Waals surface area contributed by atoms with E-state index in [-0.39, 0.29) is 4.90 Å². The first-order chi connectivity index (χ1) is 13.5. The number of aldehydes is 1. The Morgan fingerprint density at radius 2 is 1.61 bits per heavy atom. The highest BCUT2D eigenvalue weighted by Crippen LogP contribution is 2.35. The summed E-state index contributed by atoms with van der Waals surface area (Å²) in [5, 5.41) is 1.28. The van der Waals surface area contributed by atoms with Gasteiger partial charge in [-0.25, -0.2) is 12.4 Å². The number of hydrogen-bond acceptors (Lipinski definition) is 4. The van der Waals surface area contributed by atoms with Crippen LogP contribution in [0, 0.1) is 6.92 Å². The Labute approximate surface area is 167 Å². The van der Waals surface area contributed by atoms with Crippen LogP contribution in [0.15, 0.2) is 93.7 Å². The van der Waals surface area contributed by atoms with E-state index in [0.29, 0.717) is 21.5 Å². The molecule has 0 unspecified atom stereocenters. The van der Waals surface area contributed by atoms with Crippen LogP contribution < -0.4 is 0 Å². The molecule has 28 heavy (non-hydrogen) atoms. The van der Waals surface area contributed by atoms with Crippen molar-refractivity contribution in [3.05, 3.63) is 90.0 Å². The van der Waals surface area contributed by atoms with Gasteiger partial charge in [-0.15, -0.1) is 0 Å². The van der Waals surface area contributed by atoms with Gasteiger partial charge < -0.3 is 0 Å². The molecule has 0 aliphatic heterocycles. The third-order valence-electron chi connectivity index (χ3n) is 4.41. The number of nitrogens with zero attached hydrogens (tertiary/aromatic N) is 1. The lowest BCUT2D eigenvalue weighted by Crippen LogP contribution is -2.13. The van der Waals surface area contributed by atoms with Gasteiger partial charge in [0.2, 0.25) is 0 Å². The lowest BCUT2D eigenvalue weighted by Gasteiger charge is -2.12. The quantitative estimate of drug-likeness (QED) is 0.429. The Morgan fingerprint density at radius 3 is 2.29 bits per heavy atom. The Balaban J connectivity index is 1.95. The molecule has 140 valence electrons. The van der Waals surface area contributed by atoms with E-state index in [1.54, 1.807) is 42.5 Å². The van der Waals surface area contributed by atoms with Crippen molar-refractivity contribution in [3.63, 3.8) is 0 Å². The first-order valence-electron chi connectivity index (χ1n) is 8.65. The highest BCUT2D eigenvalue weighted by molar-refractivity contribution is 8.00. The predicted octanol–water partition coefficient (Wildman–Crippen LogP) is 5.15. The number of aromatic nitrogens is 1. The van der Waals surface area contributed by atoms with Crippen molar-refractivity contribution in [2.24, 2.45) is 0 Å². The minimum Gasteiger partial charge on any atom is -0.298 e. The molecule has 1 aromatic heterocycles. The standard InChI is InChI=1S/C22H17NO3S2/c1-16-7-10-20(11-8-16)28(25,26)23-21-12-9-17(15-24)13-18(21)14-22(23)27-19-5-3-2-4-6-19/h2-15H,1H3. The van der Waals surface area contributed by atoms with Crippen LogP contribution >= 0.6 is 11.8 Å². The van der Waals surface area contributed by atoms with Crippen molar-refractivity contribution < 1.29 is 13.2 Å². The van der Waals surface area contributed by atoms with Gasteiger partial charge in [-0.3, -0.25) is 4.79 Å². The third-order valence-corrected chi connectivity index (χ3v) is 7.29. The maximum absolute atomic E-state index is 13.5. The zero-order chi connectivity index (χ0) is 19.7. The molecule has 4 rings (SSSR count). The molecule has 0 aliphatic rings. The molecule has 0 bridgehead atoms. The summed E-state index contributed by atoms with van der Waals surface area (Å²) in [6, 6.07) is 23.2. The van der Waals surface area contributed by atoms with E-state index in [1.165, 1.54) is 15.7 Å². The summed E-state index contributed by atoms with van der Waals surface area (Å²) in [4.78, 5) is 12.3. The van der Waals surface area contributed by atoms with Crippen molar-refractivity contribution in [2.75, 3.05) is 0 Å². The molecule has 1 heterocycles. The van der Waals surface area contributed by atoms with Crippen LogP contribution in [-0.4, -0.2) is 18.7 Å². The largest absolute Gasteiger partial charge is 0.298 e.